The minimum Gasteiger partial charge on any atom is -0.495 e. The van der Waals surface area contributed by atoms with Gasteiger partial charge in [0.05, 0.1) is 23.6 Å². The Morgan fingerprint density at radius 2 is 1.71 bits per heavy atom. The topological polar surface area (TPSA) is 121 Å². The van der Waals surface area contributed by atoms with Gasteiger partial charge in [-0.2, -0.15) is 0 Å². The number of benzene rings is 1. The molecule has 0 fully saturated rings. The van der Waals surface area contributed by atoms with E-state index in [2.05, 4.69) is 35.2 Å². The van der Waals surface area contributed by atoms with Crippen LogP contribution in [0.1, 0.15) is 5.56 Å². The number of aromatic nitrogens is 6. The van der Waals surface area contributed by atoms with E-state index in [1.54, 1.807) is 7.11 Å². The van der Waals surface area contributed by atoms with Crippen molar-refractivity contribution >= 4 is 62.1 Å². The van der Waals surface area contributed by atoms with Gasteiger partial charge in [0, 0.05) is 23.7 Å². The molecule has 0 atom stereocenters. The van der Waals surface area contributed by atoms with Gasteiger partial charge in [0.15, 0.2) is 16.7 Å². The molecule has 5 aromatic rings. The van der Waals surface area contributed by atoms with Gasteiger partial charge in [-0.1, -0.05) is 23.4 Å². The molecule has 6 rings (SSSR count). The van der Waals surface area contributed by atoms with Crippen molar-refractivity contribution in [3.05, 3.63) is 59.5 Å². The van der Waals surface area contributed by atoms with Crippen LogP contribution >= 0.6 is 23.4 Å². The summed E-state index contributed by atoms with van der Waals surface area (Å²) in [6.07, 6.45) is 5.45. The Morgan fingerprint density at radius 1 is 1.03 bits per heavy atom. The van der Waals surface area contributed by atoms with Gasteiger partial charge >= 0.3 is 0 Å². The maximum atomic E-state index is 13.9. The molecule has 172 valence electrons. The molecule has 0 saturated heterocycles. The lowest BCUT2D eigenvalue weighted by Crippen LogP contribution is -1.99. The third kappa shape index (κ3) is 4.01. The summed E-state index contributed by atoms with van der Waals surface area (Å²) in [4.78, 5) is 33.3. The zero-order valence-electron chi connectivity index (χ0n) is 17.3. The first-order valence-corrected chi connectivity index (χ1v) is 10.9. The van der Waals surface area contributed by atoms with Crippen molar-refractivity contribution in [3.8, 4) is 5.75 Å². The molecule has 0 saturated carbocycles. The summed E-state index contributed by atoms with van der Waals surface area (Å²) in [7, 11) is 1.54. The number of hydrogen-bond acceptors (Lipinski definition) is 8. The zero-order valence-corrected chi connectivity index (χ0v) is 18.9. The average Bonchev–Trinajstić information content (AvgIpc) is 3.50. The van der Waals surface area contributed by atoms with Gasteiger partial charge in [0.2, 0.25) is 0 Å². The van der Waals surface area contributed by atoms with E-state index in [1.807, 2.05) is 12.1 Å². The molecule has 5 heterocycles. The fraction of sp³-hybridized carbons (Fsp3) is 0.0952. The van der Waals surface area contributed by atoms with Crippen molar-refractivity contribution in [2.45, 2.75) is 11.3 Å². The van der Waals surface area contributed by atoms with E-state index < -0.39 is 11.6 Å². The lowest BCUT2D eigenvalue weighted by Gasteiger charge is -2.13. The van der Waals surface area contributed by atoms with E-state index >= 15 is 0 Å². The summed E-state index contributed by atoms with van der Waals surface area (Å²) in [5.74, 6) is 0.0430. The van der Waals surface area contributed by atoms with Crippen LogP contribution < -0.4 is 10.1 Å². The van der Waals surface area contributed by atoms with E-state index in [-0.39, 0.29) is 21.0 Å². The number of rotatable bonds is 3. The molecule has 1 aromatic carbocycles. The largest absolute Gasteiger partial charge is 0.495 e. The minimum atomic E-state index is -0.437. The van der Waals surface area contributed by atoms with Crippen molar-refractivity contribution in [3.63, 3.8) is 0 Å². The Bertz CT molecular complexity index is 1560. The monoisotopic (exact) mass is 501 g/mol. The number of carbonyl (C=O) groups is 1. The number of halogens is 3. The summed E-state index contributed by atoms with van der Waals surface area (Å²) in [6.45, 7) is 0. The van der Waals surface area contributed by atoms with Crippen LogP contribution in [-0.2, 0) is 11.2 Å². The van der Waals surface area contributed by atoms with Crippen LogP contribution in [0.3, 0.4) is 0 Å². The highest BCUT2D eigenvalue weighted by Gasteiger charge is 2.23. The number of hydrogen-bond donors (Lipinski definition) is 3. The van der Waals surface area contributed by atoms with Crippen LogP contribution in [-0.4, -0.2) is 42.1 Å². The number of ether oxygens (including phenoxy) is 1. The Labute approximate surface area is 199 Å². The minimum absolute atomic E-state index is 0.0975. The quantitative estimate of drug-likeness (QED) is 0.302. The Hall–Kier alpha value is -3.77. The van der Waals surface area contributed by atoms with Crippen LogP contribution in [0, 0.1) is 11.6 Å². The normalized spacial score (nSPS) is 12.5. The molecule has 9 nitrogen and oxygen atoms in total. The number of H-pyrrole nitrogens is 2. The van der Waals surface area contributed by atoms with Gasteiger partial charge in [-0.25, -0.2) is 28.7 Å². The number of carbonyl (C=O) groups excluding carboxylic acids is 1. The van der Waals surface area contributed by atoms with Crippen molar-refractivity contribution in [1.29, 1.82) is 0 Å². The maximum absolute atomic E-state index is 13.9. The second-order valence-electron chi connectivity index (χ2n) is 7.04. The predicted molar refractivity (Wildman–Crippen MR) is 124 cm³/mol. The molecule has 0 radical (unpaired) electrons. The second kappa shape index (κ2) is 8.88. The van der Waals surface area contributed by atoms with Gasteiger partial charge in [-0.3, -0.25) is 4.79 Å². The molecule has 3 N–H and O–H groups in total. The molecule has 34 heavy (non-hydrogen) atoms. The first-order chi connectivity index (χ1) is 16.4. The summed E-state index contributed by atoms with van der Waals surface area (Å²) >= 11 is 6.79. The number of thioether (sulfide) groups is 1. The molecular formula is C21H14ClF2N7O2S. The van der Waals surface area contributed by atoms with Crippen LogP contribution in [0.4, 0.5) is 20.3 Å². The fourth-order valence-electron chi connectivity index (χ4n) is 3.45. The third-order valence-corrected chi connectivity index (χ3v) is 6.25. The zero-order chi connectivity index (χ0) is 23.8. The number of nitrogens with zero attached hydrogens (tertiary/aromatic N) is 4. The molecule has 1 aliphatic heterocycles. The predicted octanol–water partition coefficient (Wildman–Crippen LogP) is 4.77. The van der Waals surface area contributed by atoms with Crippen molar-refractivity contribution in [2.24, 2.45) is 0 Å². The van der Waals surface area contributed by atoms with Crippen molar-refractivity contribution in [1.82, 2.24) is 29.9 Å². The Kier molecular flexibility index (Phi) is 5.75. The van der Waals surface area contributed by atoms with Gasteiger partial charge < -0.3 is 20.0 Å². The van der Waals surface area contributed by atoms with Gasteiger partial charge in [-0.05, 0) is 17.7 Å². The summed E-state index contributed by atoms with van der Waals surface area (Å²) in [5.41, 5.74) is 2.38. The lowest BCUT2D eigenvalue weighted by atomic mass is 10.1. The highest BCUT2D eigenvalue weighted by atomic mass is 35.5. The van der Waals surface area contributed by atoms with Crippen LogP contribution in [0.2, 0.25) is 5.15 Å². The summed E-state index contributed by atoms with van der Waals surface area (Å²) < 4.78 is 32.1. The van der Waals surface area contributed by atoms with Crippen LogP contribution in [0.25, 0.3) is 22.1 Å². The first-order valence-electron chi connectivity index (χ1n) is 9.74. The number of fused-ring (bicyclic) bond motifs is 3. The van der Waals surface area contributed by atoms with Crippen molar-refractivity contribution < 1.29 is 18.3 Å². The third-order valence-electron chi connectivity index (χ3n) is 4.99. The smallest absolute Gasteiger partial charge is 0.198 e. The fourth-order valence-corrected chi connectivity index (χ4v) is 4.59. The van der Waals surface area contributed by atoms with Gasteiger partial charge in [-0.15, -0.1) is 0 Å². The first kappa shape index (κ1) is 22.0. The van der Waals surface area contributed by atoms with E-state index in [1.165, 1.54) is 36.8 Å². The highest BCUT2D eigenvalue weighted by Crippen LogP contribution is 2.40. The van der Waals surface area contributed by atoms with E-state index in [4.69, 9.17) is 16.3 Å². The number of nitrogens with one attached hydrogen (secondary N) is 3. The molecule has 0 unspecified atom stereocenters. The maximum Gasteiger partial charge on any atom is 0.198 e. The van der Waals surface area contributed by atoms with Crippen molar-refractivity contribution in [2.75, 3.05) is 12.4 Å². The lowest BCUT2D eigenvalue weighted by molar-refractivity contribution is -0.110. The second-order valence-corrected chi connectivity index (χ2v) is 8.50. The SMILES string of the molecule is COc1cc2c(cc1Nc1ncnc3[nH]cc(F)c13)SC(=O)C2.Fc1c[nH]c2ncnc(Cl)c12. The van der Waals surface area contributed by atoms with E-state index in [0.29, 0.717) is 35.0 Å². The molecule has 0 aliphatic carbocycles. The summed E-state index contributed by atoms with van der Waals surface area (Å²) in [6, 6.07) is 3.64. The molecule has 0 bridgehead atoms. The van der Waals surface area contributed by atoms with E-state index in [9.17, 15) is 13.6 Å². The Balaban J connectivity index is 0.000000183. The van der Waals surface area contributed by atoms with Crippen LogP contribution in [0.5, 0.6) is 5.75 Å². The standard InChI is InChI=1S/C15H11FN4O2S.C6H3ClFN3/c1-22-10-2-7-3-12(21)23-11(7)4-9(10)20-15-13-8(16)5-17-14(13)18-6-19-15;7-5-4-3(8)1-9-6(4)11-2-10-5/h2,4-6H,3H2,1H3,(H2,17,18,19,20);1-2H,(H,9,10,11). The van der Waals surface area contributed by atoms with Crippen LogP contribution in [0.15, 0.2) is 42.1 Å². The average molecular weight is 502 g/mol. The molecule has 0 amide bonds. The molecule has 4 aromatic heterocycles. The molecular weight excluding hydrogens is 488 g/mol. The summed E-state index contributed by atoms with van der Waals surface area (Å²) in [5, 5.41) is 3.83. The highest BCUT2D eigenvalue weighted by molar-refractivity contribution is 8.14. The van der Waals surface area contributed by atoms with Gasteiger partial charge in [0.1, 0.15) is 40.7 Å². The van der Waals surface area contributed by atoms with E-state index in [0.717, 1.165) is 10.5 Å². The molecule has 13 heteroatoms. The Morgan fingerprint density at radius 3 is 2.41 bits per heavy atom. The number of aromatic amines is 2. The molecule has 0 spiro atoms. The number of anilines is 2. The number of methoxy groups -OCH3 is 1. The molecule has 1 aliphatic rings. The van der Waals surface area contributed by atoms with Gasteiger partial charge in [0.25, 0.3) is 0 Å².